The molecule has 0 aromatic carbocycles. The van der Waals surface area contributed by atoms with Gasteiger partial charge in [0.15, 0.2) is 0 Å². The largest absolute Gasteiger partial charge is 0.331 e. The van der Waals surface area contributed by atoms with Crippen molar-refractivity contribution in [3.63, 3.8) is 0 Å². The van der Waals surface area contributed by atoms with Gasteiger partial charge < -0.3 is 4.90 Å². The zero-order valence-corrected chi connectivity index (χ0v) is 11.6. The number of aryl methyl sites for hydroxylation is 1. The van der Waals surface area contributed by atoms with Gasteiger partial charge in [0.1, 0.15) is 4.88 Å². The Morgan fingerprint density at radius 2 is 2.37 bits per heavy atom. The summed E-state index contributed by atoms with van der Waals surface area (Å²) in [5.41, 5.74) is 1.12. The summed E-state index contributed by atoms with van der Waals surface area (Å²) in [5.74, 6) is 0.0944. The lowest BCUT2D eigenvalue weighted by Gasteiger charge is -2.24. The fraction of sp³-hybridized carbons (Fsp3) is 0.357. The van der Waals surface area contributed by atoms with Crippen LogP contribution in [0.25, 0.3) is 0 Å². The van der Waals surface area contributed by atoms with Crippen molar-refractivity contribution in [2.24, 2.45) is 0 Å². The molecule has 1 saturated heterocycles. The lowest BCUT2D eigenvalue weighted by atomic mass is 10.1. The Hall–Kier alpha value is -1.75. The fourth-order valence-electron chi connectivity index (χ4n) is 2.53. The Kier molecular flexibility index (Phi) is 3.29. The molecular formula is C14H15N3OS. The van der Waals surface area contributed by atoms with E-state index in [0.717, 1.165) is 34.8 Å². The smallest absolute Gasteiger partial charge is 0.266 e. The SMILES string of the molecule is Cc1ncc(C(=O)N2CCCC2c2cccnc2)s1. The van der Waals surface area contributed by atoms with E-state index in [1.54, 1.807) is 12.4 Å². The molecule has 3 heterocycles. The maximum Gasteiger partial charge on any atom is 0.266 e. The number of pyridine rings is 1. The van der Waals surface area contributed by atoms with Crippen molar-refractivity contribution in [3.05, 3.63) is 46.2 Å². The number of carbonyl (C=O) groups is 1. The molecule has 19 heavy (non-hydrogen) atoms. The summed E-state index contributed by atoms with van der Waals surface area (Å²) in [5, 5.41) is 0.931. The van der Waals surface area contributed by atoms with Crippen LogP contribution in [0.4, 0.5) is 0 Å². The van der Waals surface area contributed by atoms with Crippen LogP contribution in [-0.4, -0.2) is 27.3 Å². The summed E-state index contributed by atoms with van der Waals surface area (Å²) in [7, 11) is 0. The number of hydrogen-bond acceptors (Lipinski definition) is 4. The molecule has 2 aromatic heterocycles. The first-order valence-electron chi connectivity index (χ1n) is 6.39. The van der Waals surface area contributed by atoms with Gasteiger partial charge in [0.05, 0.1) is 17.2 Å². The van der Waals surface area contributed by atoms with Crippen molar-refractivity contribution in [3.8, 4) is 0 Å². The van der Waals surface area contributed by atoms with Crippen LogP contribution in [-0.2, 0) is 0 Å². The second-order valence-electron chi connectivity index (χ2n) is 4.69. The Morgan fingerprint density at radius 3 is 3.05 bits per heavy atom. The number of hydrogen-bond donors (Lipinski definition) is 0. The van der Waals surface area contributed by atoms with E-state index in [2.05, 4.69) is 9.97 Å². The minimum atomic E-state index is 0.0944. The average Bonchev–Trinajstić information content (AvgIpc) is 3.07. The summed E-state index contributed by atoms with van der Waals surface area (Å²) < 4.78 is 0. The van der Waals surface area contributed by atoms with Crippen LogP contribution in [0.2, 0.25) is 0 Å². The first kappa shape index (κ1) is 12.3. The highest BCUT2D eigenvalue weighted by molar-refractivity contribution is 7.13. The first-order valence-corrected chi connectivity index (χ1v) is 7.20. The van der Waals surface area contributed by atoms with Crippen LogP contribution in [0.3, 0.4) is 0 Å². The molecule has 0 N–H and O–H groups in total. The van der Waals surface area contributed by atoms with Crippen LogP contribution >= 0.6 is 11.3 Å². The van der Waals surface area contributed by atoms with E-state index < -0.39 is 0 Å². The quantitative estimate of drug-likeness (QED) is 0.845. The third kappa shape index (κ3) is 2.38. The van der Waals surface area contributed by atoms with E-state index in [4.69, 9.17) is 0 Å². The van der Waals surface area contributed by atoms with Crippen LogP contribution < -0.4 is 0 Å². The van der Waals surface area contributed by atoms with E-state index in [1.807, 2.05) is 30.2 Å². The molecule has 4 nitrogen and oxygen atoms in total. The minimum absolute atomic E-state index is 0.0944. The summed E-state index contributed by atoms with van der Waals surface area (Å²) >= 11 is 1.46. The summed E-state index contributed by atoms with van der Waals surface area (Å²) in [6, 6.07) is 4.12. The molecular weight excluding hydrogens is 258 g/mol. The Morgan fingerprint density at radius 1 is 1.47 bits per heavy atom. The van der Waals surface area contributed by atoms with Crippen molar-refractivity contribution in [1.82, 2.24) is 14.9 Å². The topological polar surface area (TPSA) is 46.1 Å². The zero-order chi connectivity index (χ0) is 13.2. The van der Waals surface area contributed by atoms with Crippen molar-refractivity contribution >= 4 is 17.2 Å². The molecule has 5 heteroatoms. The van der Waals surface area contributed by atoms with Crippen LogP contribution in [0.1, 0.15) is 39.1 Å². The normalized spacial score (nSPS) is 18.8. The molecule has 0 radical (unpaired) electrons. The van der Waals surface area contributed by atoms with Gasteiger partial charge in [0, 0.05) is 18.9 Å². The maximum absolute atomic E-state index is 12.5. The molecule has 1 atom stereocenters. The molecule has 1 amide bonds. The number of likely N-dealkylation sites (tertiary alicyclic amines) is 1. The van der Waals surface area contributed by atoms with Gasteiger partial charge >= 0.3 is 0 Å². The second kappa shape index (κ2) is 5.09. The Bertz CT molecular complexity index is 581. The molecule has 0 spiro atoms. The van der Waals surface area contributed by atoms with Crippen molar-refractivity contribution in [1.29, 1.82) is 0 Å². The van der Waals surface area contributed by atoms with E-state index in [9.17, 15) is 4.79 Å². The van der Waals surface area contributed by atoms with Crippen molar-refractivity contribution in [2.45, 2.75) is 25.8 Å². The number of rotatable bonds is 2. The number of nitrogens with zero attached hydrogens (tertiary/aromatic N) is 3. The standard InChI is InChI=1S/C14H15N3OS/c1-10-16-9-13(19-10)14(18)17-7-3-5-12(17)11-4-2-6-15-8-11/h2,4,6,8-9,12H,3,5,7H2,1H3. The van der Waals surface area contributed by atoms with E-state index in [-0.39, 0.29) is 11.9 Å². The molecule has 1 aliphatic heterocycles. The summed E-state index contributed by atoms with van der Waals surface area (Å²) in [6.07, 6.45) is 7.35. The third-order valence-electron chi connectivity index (χ3n) is 3.41. The average molecular weight is 273 g/mol. The number of thiazole rings is 1. The second-order valence-corrected chi connectivity index (χ2v) is 5.92. The molecule has 0 aliphatic carbocycles. The third-order valence-corrected chi connectivity index (χ3v) is 4.32. The fourth-order valence-corrected chi connectivity index (χ4v) is 3.26. The van der Waals surface area contributed by atoms with Crippen LogP contribution in [0, 0.1) is 6.92 Å². The van der Waals surface area contributed by atoms with Gasteiger partial charge in [0.2, 0.25) is 0 Å². The summed E-state index contributed by atoms with van der Waals surface area (Å²) in [4.78, 5) is 23.5. The van der Waals surface area contributed by atoms with Gasteiger partial charge in [-0.2, -0.15) is 0 Å². The molecule has 1 fully saturated rings. The lowest BCUT2D eigenvalue weighted by molar-refractivity contribution is 0.0740. The zero-order valence-electron chi connectivity index (χ0n) is 10.7. The number of amides is 1. The Labute approximate surface area is 116 Å². The molecule has 3 rings (SSSR count). The van der Waals surface area contributed by atoms with Gasteiger partial charge in [-0.25, -0.2) is 4.98 Å². The minimum Gasteiger partial charge on any atom is -0.331 e. The van der Waals surface area contributed by atoms with Crippen molar-refractivity contribution < 1.29 is 4.79 Å². The van der Waals surface area contributed by atoms with E-state index in [0.29, 0.717) is 0 Å². The van der Waals surface area contributed by atoms with Gasteiger partial charge in [0.25, 0.3) is 5.91 Å². The highest BCUT2D eigenvalue weighted by Gasteiger charge is 2.31. The van der Waals surface area contributed by atoms with Gasteiger partial charge in [-0.15, -0.1) is 11.3 Å². The summed E-state index contributed by atoms with van der Waals surface area (Å²) in [6.45, 7) is 2.74. The molecule has 2 aromatic rings. The highest BCUT2D eigenvalue weighted by atomic mass is 32.1. The Balaban J connectivity index is 1.86. The first-order chi connectivity index (χ1) is 9.25. The van der Waals surface area contributed by atoms with Gasteiger partial charge in [-0.05, 0) is 31.4 Å². The molecule has 0 bridgehead atoms. The maximum atomic E-state index is 12.5. The van der Waals surface area contributed by atoms with Crippen molar-refractivity contribution in [2.75, 3.05) is 6.54 Å². The predicted octanol–water partition coefficient (Wildman–Crippen LogP) is 2.82. The highest BCUT2D eigenvalue weighted by Crippen LogP contribution is 2.33. The predicted molar refractivity (Wildman–Crippen MR) is 74.1 cm³/mol. The number of aromatic nitrogens is 2. The van der Waals surface area contributed by atoms with Gasteiger partial charge in [-0.1, -0.05) is 6.07 Å². The van der Waals surface area contributed by atoms with Crippen LogP contribution in [0.5, 0.6) is 0 Å². The molecule has 98 valence electrons. The van der Waals surface area contributed by atoms with Crippen LogP contribution in [0.15, 0.2) is 30.7 Å². The monoisotopic (exact) mass is 273 g/mol. The molecule has 1 aliphatic rings. The molecule has 0 saturated carbocycles. The lowest BCUT2D eigenvalue weighted by Crippen LogP contribution is -2.30. The number of carbonyl (C=O) groups excluding carboxylic acids is 1. The van der Waals surface area contributed by atoms with Gasteiger partial charge in [-0.3, -0.25) is 9.78 Å². The van der Waals surface area contributed by atoms with E-state index in [1.165, 1.54) is 11.3 Å². The molecule has 1 unspecified atom stereocenters. The van der Waals surface area contributed by atoms with E-state index >= 15 is 0 Å².